The lowest BCUT2D eigenvalue weighted by Crippen LogP contribution is -2.33. The number of aromatic nitrogens is 4. The summed E-state index contributed by atoms with van der Waals surface area (Å²) in [4.78, 5) is 11.8. The minimum Gasteiger partial charge on any atom is -0.286 e. The zero-order valence-electron chi connectivity index (χ0n) is 10.0. The van der Waals surface area contributed by atoms with E-state index in [1.807, 2.05) is 29.1 Å². The third-order valence-electron chi connectivity index (χ3n) is 2.46. The van der Waals surface area contributed by atoms with Gasteiger partial charge >= 0.3 is 0 Å². The fraction of sp³-hybridized carbons (Fsp3) is 0.273. The molecule has 100 valence electrons. The highest BCUT2D eigenvalue weighted by atomic mass is 32.2. The molecule has 19 heavy (non-hydrogen) atoms. The number of nitrogens with zero attached hydrogens (tertiary/aromatic N) is 4. The second kappa shape index (κ2) is 5.81. The Labute approximate surface area is 110 Å². The van der Waals surface area contributed by atoms with Gasteiger partial charge in [0.05, 0.1) is 5.75 Å². The van der Waals surface area contributed by atoms with Crippen LogP contribution in [-0.2, 0) is 16.7 Å². The number of hydrogen-bond acceptors (Lipinski definition) is 5. The molecule has 2 rings (SSSR count). The Morgan fingerprint density at radius 2 is 1.79 bits per heavy atom. The molecule has 0 radical (unpaired) electrons. The Kier molecular flexibility index (Phi) is 4.13. The van der Waals surface area contributed by atoms with Gasteiger partial charge in [-0.15, -0.1) is 0 Å². The van der Waals surface area contributed by atoms with Gasteiger partial charge in [-0.05, 0) is 0 Å². The van der Waals surface area contributed by atoms with Gasteiger partial charge in [-0.25, -0.2) is 19.5 Å². The summed E-state index contributed by atoms with van der Waals surface area (Å²) in [5.74, 6) is 0.343. The molecule has 0 aliphatic carbocycles. The molecule has 0 aliphatic heterocycles. The maximum atomic E-state index is 10.6. The van der Waals surface area contributed by atoms with Gasteiger partial charge in [0, 0.05) is 24.1 Å². The zero-order chi connectivity index (χ0) is 13.7. The first kappa shape index (κ1) is 13.5. The predicted molar refractivity (Wildman–Crippen MR) is 66.5 cm³/mol. The van der Waals surface area contributed by atoms with Crippen molar-refractivity contribution in [1.29, 1.82) is 0 Å². The van der Waals surface area contributed by atoms with E-state index in [2.05, 4.69) is 15.0 Å². The van der Waals surface area contributed by atoms with E-state index in [1.165, 1.54) is 12.7 Å². The van der Waals surface area contributed by atoms with Crippen molar-refractivity contribution in [1.82, 2.24) is 15.0 Å². The first-order chi connectivity index (χ1) is 9.04. The molecule has 0 bridgehead atoms. The average Bonchev–Trinajstić information content (AvgIpc) is 2.39. The highest BCUT2D eigenvalue weighted by Crippen LogP contribution is 2.09. The summed E-state index contributed by atoms with van der Waals surface area (Å²) in [6.45, 7) is 0.511. The van der Waals surface area contributed by atoms with E-state index in [1.54, 1.807) is 0 Å². The predicted octanol–water partition coefficient (Wildman–Crippen LogP) is 0.104. The van der Waals surface area contributed by atoms with Crippen molar-refractivity contribution in [3.05, 3.63) is 37.2 Å². The first-order valence-electron chi connectivity index (χ1n) is 5.61. The molecule has 0 fully saturated rings. The van der Waals surface area contributed by atoms with E-state index >= 15 is 0 Å². The molecule has 0 aliphatic rings. The summed E-state index contributed by atoms with van der Waals surface area (Å²) < 4.78 is 31.6. The van der Waals surface area contributed by atoms with Crippen LogP contribution in [0.3, 0.4) is 0 Å². The lowest BCUT2D eigenvalue weighted by Gasteiger charge is -1.99. The molecule has 0 amide bonds. The third-order valence-corrected chi connectivity index (χ3v) is 3.27. The lowest BCUT2D eigenvalue weighted by molar-refractivity contribution is -0.696. The maximum Gasteiger partial charge on any atom is 0.265 e. The number of pyridine rings is 1. The molecular formula is C11H13N4O3S+. The summed E-state index contributed by atoms with van der Waals surface area (Å²) in [7, 11) is -3.89. The molecule has 7 nitrogen and oxygen atoms in total. The summed E-state index contributed by atoms with van der Waals surface area (Å²) >= 11 is 0. The third kappa shape index (κ3) is 4.34. The lowest BCUT2D eigenvalue weighted by atomic mass is 10.2. The molecule has 0 saturated carbocycles. The molecule has 1 N–H and O–H groups in total. The van der Waals surface area contributed by atoms with Crippen LogP contribution in [0.1, 0.15) is 6.42 Å². The van der Waals surface area contributed by atoms with Gasteiger partial charge in [0.2, 0.25) is 0 Å². The van der Waals surface area contributed by atoms with Gasteiger partial charge in [0.25, 0.3) is 10.1 Å². The van der Waals surface area contributed by atoms with E-state index in [4.69, 9.17) is 4.55 Å². The van der Waals surface area contributed by atoms with Crippen LogP contribution < -0.4 is 4.57 Å². The van der Waals surface area contributed by atoms with Crippen LogP contribution >= 0.6 is 0 Å². The fourth-order valence-electron chi connectivity index (χ4n) is 1.57. The van der Waals surface area contributed by atoms with Crippen LogP contribution in [-0.4, -0.2) is 33.7 Å². The van der Waals surface area contributed by atoms with Crippen molar-refractivity contribution in [3.63, 3.8) is 0 Å². The first-order valence-corrected chi connectivity index (χ1v) is 7.22. The Morgan fingerprint density at radius 1 is 1.16 bits per heavy atom. The van der Waals surface area contributed by atoms with Gasteiger partial charge in [0.1, 0.15) is 19.2 Å². The topological polar surface area (TPSA) is 96.9 Å². The van der Waals surface area contributed by atoms with Crippen LogP contribution in [0.25, 0.3) is 11.4 Å². The standard InChI is InChI=1S/C11H12N4O3S/c16-19(17,18)7-1-4-15-5-2-10(3-6-15)11-13-8-12-9-14-11/h2-3,5-6,8-9H,1,4,7H2/p+1. The molecule has 8 heteroatoms. The molecule has 0 spiro atoms. The Balaban J connectivity index is 1.99. The Hall–Kier alpha value is -1.93. The zero-order valence-corrected chi connectivity index (χ0v) is 10.9. The smallest absolute Gasteiger partial charge is 0.265 e. The quantitative estimate of drug-likeness (QED) is 0.617. The van der Waals surface area contributed by atoms with Crippen LogP contribution in [0.5, 0.6) is 0 Å². The highest BCUT2D eigenvalue weighted by molar-refractivity contribution is 7.85. The number of hydrogen-bond donors (Lipinski definition) is 1. The molecule has 2 aromatic rings. The van der Waals surface area contributed by atoms with Crippen LogP contribution in [0.15, 0.2) is 37.2 Å². The molecule has 2 aromatic heterocycles. The summed E-state index contributed by atoms with van der Waals surface area (Å²) in [5.41, 5.74) is 0.855. The van der Waals surface area contributed by atoms with Crippen molar-refractivity contribution in [2.45, 2.75) is 13.0 Å². The number of rotatable bonds is 5. The molecule has 0 aromatic carbocycles. The normalized spacial score (nSPS) is 11.4. The second-order valence-electron chi connectivity index (χ2n) is 3.93. The largest absolute Gasteiger partial charge is 0.286 e. The van der Waals surface area contributed by atoms with E-state index in [0.29, 0.717) is 18.8 Å². The molecular weight excluding hydrogens is 268 g/mol. The van der Waals surface area contributed by atoms with Crippen LogP contribution in [0, 0.1) is 0 Å². The minimum atomic E-state index is -3.89. The van der Waals surface area contributed by atoms with Gasteiger partial charge < -0.3 is 0 Å². The summed E-state index contributed by atoms with van der Waals surface area (Å²) in [6.07, 6.45) is 6.83. The van der Waals surface area contributed by atoms with E-state index in [-0.39, 0.29) is 5.75 Å². The molecule has 0 saturated heterocycles. The second-order valence-corrected chi connectivity index (χ2v) is 5.50. The van der Waals surface area contributed by atoms with Gasteiger partial charge in [0.15, 0.2) is 18.2 Å². The summed E-state index contributed by atoms with van der Waals surface area (Å²) in [5, 5.41) is 0. The monoisotopic (exact) mass is 281 g/mol. The highest BCUT2D eigenvalue weighted by Gasteiger charge is 2.08. The Bertz CT molecular complexity index is 629. The Morgan fingerprint density at radius 3 is 2.37 bits per heavy atom. The van der Waals surface area contributed by atoms with Crippen molar-refractivity contribution in [2.75, 3.05) is 5.75 Å². The summed E-state index contributed by atoms with van der Waals surface area (Å²) in [6, 6.07) is 3.67. The molecule has 2 heterocycles. The van der Waals surface area contributed by atoms with Crippen LogP contribution in [0.4, 0.5) is 0 Å². The van der Waals surface area contributed by atoms with Gasteiger partial charge in [-0.2, -0.15) is 8.42 Å². The van der Waals surface area contributed by atoms with Gasteiger partial charge in [-0.3, -0.25) is 4.55 Å². The van der Waals surface area contributed by atoms with Crippen molar-refractivity contribution >= 4 is 10.1 Å². The number of aryl methyl sites for hydroxylation is 1. The van der Waals surface area contributed by atoms with E-state index in [9.17, 15) is 8.42 Å². The van der Waals surface area contributed by atoms with E-state index in [0.717, 1.165) is 5.56 Å². The maximum absolute atomic E-state index is 10.6. The van der Waals surface area contributed by atoms with Gasteiger partial charge in [-0.1, -0.05) is 0 Å². The minimum absolute atomic E-state index is 0.241. The van der Waals surface area contributed by atoms with E-state index < -0.39 is 10.1 Å². The van der Waals surface area contributed by atoms with Crippen molar-refractivity contribution in [3.8, 4) is 11.4 Å². The van der Waals surface area contributed by atoms with Crippen LogP contribution in [0.2, 0.25) is 0 Å². The van der Waals surface area contributed by atoms with Crippen molar-refractivity contribution in [2.24, 2.45) is 0 Å². The molecule has 0 atom stereocenters. The van der Waals surface area contributed by atoms with Crippen molar-refractivity contribution < 1.29 is 17.5 Å². The molecule has 0 unspecified atom stereocenters. The fourth-order valence-corrected chi connectivity index (χ4v) is 2.07. The SMILES string of the molecule is O=S(=O)(O)CCC[n+]1ccc(-c2ncncn2)cc1. The average molecular weight is 281 g/mol.